The van der Waals surface area contributed by atoms with E-state index in [4.69, 9.17) is 20.3 Å². The molecule has 3 N–H and O–H groups in total. The van der Waals surface area contributed by atoms with E-state index in [1.165, 1.54) is 0 Å². The maximum atomic E-state index is 11.9. The molecule has 7 nitrogen and oxygen atoms in total. The number of hydrogen-bond acceptors (Lipinski definition) is 6. The molecule has 0 fully saturated rings. The Morgan fingerprint density at radius 3 is 1.74 bits per heavy atom. The summed E-state index contributed by atoms with van der Waals surface area (Å²) < 4.78 is 10.2. The number of carbonyl (C=O) groups is 3. The van der Waals surface area contributed by atoms with Gasteiger partial charge in [0, 0.05) is 0 Å². The summed E-state index contributed by atoms with van der Waals surface area (Å²) in [7, 11) is 0. The Labute approximate surface area is 137 Å². The van der Waals surface area contributed by atoms with Crippen molar-refractivity contribution in [2.45, 2.75) is 78.0 Å². The van der Waals surface area contributed by atoms with Gasteiger partial charge < -0.3 is 20.3 Å². The number of aliphatic carboxylic acids is 1. The predicted molar refractivity (Wildman–Crippen MR) is 84.6 cm³/mol. The highest BCUT2D eigenvalue weighted by Crippen LogP contribution is 2.17. The second kappa shape index (κ2) is 8.29. The molecule has 0 aromatic heterocycles. The molecule has 0 aliphatic carbocycles. The number of carboxylic acids is 1. The molecule has 0 amide bonds. The first-order valence-corrected chi connectivity index (χ1v) is 7.67. The van der Waals surface area contributed by atoms with E-state index in [2.05, 4.69) is 0 Å². The van der Waals surface area contributed by atoms with Crippen LogP contribution in [-0.2, 0) is 23.9 Å². The molecule has 134 valence electrons. The molecule has 0 aromatic rings. The number of carboxylic acid groups (broad SMARTS) is 1. The molecule has 1 unspecified atom stereocenters. The summed E-state index contributed by atoms with van der Waals surface area (Å²) in [4.78, 5) is 34.8. The lowest BCUT2D eigenvalue weighted by atomic mass is 9.99. The van der Waals surface area contributed by atoms with Gasteiger partial charge in [0.05, 0.1) is 0 Å². The van der Waals surface area contributed by atoms with Crippen LogP contribution in [0.25, 0.3) is 0 Å². The molecule has 0 aliphatic heterocycles. The van der Waals surface area contributed by atoms with Crippen LogP contribution in [0, 0.1) is 5.92 Å². The van der Waals surface area contributed by atoms with E-state index < -0.39 is 41.1 Å². The Kier molecular flexibility index (Phi) is 7.70. The minimum absolute atomic E-state index is 0.0563. The van der Waals surface area contributed by atoms with Crippen LogP contribution in [0.1, 0.15) is 60.8 Å². The molecule has 0 spiro atoms. The topological polar surface area (TPSA) is 116 Å². The van der Waals surface area contributed by atoms with E-state index in [1.807, 2.05) is 0 Å². The van der Waals surface area contributed by atoms with Gasteiger partial charge in [-0.2, -0.15) is 0 Å². The normalized spacial score (nSPS) is 14.7. The SMILES string of the molecule is CC(C)(C)OC(=O)C(CCC[C@H](N)C(=O)OC(C)(C)C)C(=O)O. The van der Waals surface area contributed by atoms with Gasteiger partial charge in [0.2, 0.25) is 0 Å². The fraction of sp³-hybridized carbons (Fsp3) is 0.812. The molecule has 0 rings (SSSR count). The largest absolute Gasteiger partial charge is 0.481 e. The lowest BCUT2D eigenvalue weighted by Gasteiger charge is -2.23. The van der Waals surface area contributed by atoms with Crippen molar-refractivity contribution in [3.8, 4) is 0 Å². The molecule has 7 heteroatoms. The van der Waals surface area contributed by atoms with Crippen molar-refractivity contribution >= 4 is 17.9 Å². The maximum Gasteiger partial charge on any atom is 0.323 e. The summed E-state index contributed by atoms with van der Waals surface area (Å²) >= 11 is 0. The van der Waals surface area contributed by atoms with Crippen LogP contribution in [-0.4, -0.2) is 40.3 Å². The average Bonchev–Trinajstić information content (AvgIpc) is 2.28. The van der Waals surface area contributed by atoms with E-state index in [0.29, 0.717) is 6.42 Å². The molecule has 23 heavy (non-hydrogen) atoms. The lowest BCUT2D eigenvalue weighted by molar-refractivity contribution is -0.167. The van der Waals surface area contributed by atoms with Gasteiger partial charge in [0.25, 0.3) is 0 Å². The average molecular weight is 331 g/mol. The number of ether oxygens (including phenoxy) is 2. The molecule has 0 aliphatic rings. The first kappa shape index (κ1) is 21.4. The molecule has 0 aromatic carbocycles. The van der Waals surface area contributed by atoms with E-state index in [-0.39, 0.29) is 12.8 Å². The zero-order valence-corrected chi connectivity index (χ0v) is 14.8. The van der Waals surface area contributed by atoms with Crippen LogP contribution in [0.2, 0.25) is 0 Å². The van der Waals surface area contributed by atoms with E-state index in [1.54, 1.807) is 41.5 Å². The standard InChI is InChI=1S/C16H29NO6/c1-15(2,3)22-13(20)10(12(18)19)8-7-9-11(17)14(21)23-16(4,5)6/h10-11H,7-9,17H2,1-6H3,(H,18,19)/t10?,11-/m0/s1. The third-order valence-corrected chi connectivity index (χ3v) is 2.71. The van der Waals surface area contributed by atoms with Crippen molar-refractivity contribution in [2.75, 3.05) is 0 Å². The first-order chi connectivity index (χ1) is 10.2. The number of hydrogen-bond donors (Lipinski definition) is 2. The Morgan fingerprint density at radius 1 is 0.913 bits per heavy atom. The first-order valence-electron chi connectivity index (χ1n) is 7.67. The Morgan fingerprint density at radius 2 is 1.35 bits per heavy atom. The van der Waals surface area contributed by atoms with Gasteiger partial charge in [-0.25, -0.2) is 0 Å². The fourth-order valence-electron chi connectivity index (χ4n) is 1.75. The van der Waals surface area contributed by atoms with E-state index in [0.717, 1.165) is 0 Å². The van der Waals surface area contributed by atoms with Crippen LogP contribution in [0.5, 0.6) is 0 Å². The highest BCUT2D eigenvalue weighted by molar-refractivity contribution is 5.94. The molecule has 0 saturated heterocycles. The van der Waals surface area contributed by atoms with Crippen LogP contribution in [0.4, 0.5) is 0 Å². The molecule has 0 radical (unpaired) electrons. The molecule has 0 bridgehead atoms. The van der Waals surface area contributed by atoms with Crippen molar-refractivity contribution in [2.24, 2.45) is 11.7 Å². The predicted octanol–water partition coefficient (Wildman–Crippen LogP) is 1.87. The van der Waals surface area contributed by atoms with Gasteiger partial charge in [-0.15, -0.1) is 0 Å². The monoisotopic (exact) mass is 331 g/mol. The van der Waals surface area contributed by atoms with Gasteiger partial charge >= 0.3 is 17.9 Å². The summed E-state index contributed by atoms with van der Waals surface area (Å²) in [5, 5.41) is 9.14. The molecule has 0 heterocycles. The minimum atomic E-state index is -1.26. The summed E-state index contributed by atoms with van der Waals surface area (Å²) in [5.41, 5.74) is 4.34. The van der Waals surface area contributed by atoms with Crippen molar-refractivity contribution < 1.29 is 29.0 Å². The molecule has 2 atom stereocenters. The second-order valence-corrected chi connectivity index (χ2v) is 7.50. The van der Waals surface area contributed by atoms with Gasteiger partial charge in [0.15, 0.2) is 5.92 Å². The fourth-order valence-corrected chi connectivity index (χ4v) is 1.75. The van der Waals surface area contributed by atoms with E-state index >= 15 is 0 Å². The van der Waals surface area contributed by atoms with Gasteiger partial charge in [-0.05, 0) is 60.8 Å². The minimum Gasteiger partial charge on any atom is -0.481 e. The Balaban J connectivity index is 4.47. The third kappa shape index (κ3) is 9.89. The zero-order valence-electron chi connectivity index (χ0n) is 14.8. The maximum absolute atomic E-state index is 11.9. The zero-order chi connectivity index (χ0) is 18.4. The van der Waals surface area contributed by atoms with Gasteiger partial charge in [-0.3, -0.25) is 14.4 Å². The van der Waals surface area contributed by atoms with Crippen molar-refractivity contribution in [3.05, 3.63) is 0 Å². The highest BCUT2D eigenvalue weighted by Gasteiger charge is 2.31. The number of carbonyl (C=O) groups excluding carboxylic acids is 2. The Hall–Kier alpha value is -1.63. The summed E-state index contributed by atoms with van der Waals surface area (Å²) in [5.74, 6) is -3.83. The highest BCUT2D eigenvalue weighted by atomic mass is 16.6. The van der Waals surface area contributed by atoms with Crippen molar-refractivity contribution in [1.29, 1.82) is 0 Å². The summed E-state index contributed by atoms with van der Waals surface area (Å²) in [6, 6.07) is -0.845. The number of esters is 2. The molecular formula is C16H29NO6. The van der Waals surface area contributed by atoms with Crippen LogP contribution in [0.3, 0.4) is 0 Å². The lowest BCUT2D eigenvalue weighted by Crippen LogP contribution is -2.37. The van der Waals surface area contributed by atoms with Crippen molar-refractivity contribution in [3.63, 3.8) is 0 Å². The van der Waals surface area contributed by atoms with Crippen LogP contribution >= 0.6 is 0 Å². The van der Waals surface area contributed by atoms with Crippen molar-refractivity contribution in [1.82, 2.24) is 0 Å². The van der Waals surface area contributed by atoms with E-state index in [9.17, 15) is 14.4 Å². The van der Waals surface area contributed by atoms with Crippen LogP contribution in [0.15, 0.2) is 0 Å². The second-order valence-electron chi connectivity index (χ2n) is 7.50. The quantitative estimate of drug-likeness (QED) is 0.540. The molecular weight excluding hydrogens is 302 g/mol. The van der Waals surface area contributed by atoms with Crippen LogP contribution < -0.4 is 5.73 Å². The smallest absolute Gasteiger partial charge is 0.323 e. The molecule has 0 saturated carbocycles. The third-order valence-electron chi connectivity index (χ3n) is 2.71. The summed E-state index contributed by atoms with van der Waals surface area (Å²) in [6.45, 7) is 10.2. The number of nitrogens with two attached hydrogens (primary N) is 1. The van der Waals surface area contributed by atoms with Gasteiger partial charge in [0.1, 0.15) is 17.2 Å². The summed E-state index contributed by atoms with van der Waals surface area (Å²) in [6.07, 6.45) is 0.596. The number of rotatable bonds is 7. The van der Waals surface area contributed by atoms with Gasteiger partial charge in [-0.1, -0.05) is 0 Å². The Bertz CT molecular complexity index is 433.